The van der Waals surface area contributed by atoms with E-state index >= 15 is 0 Å². The Kier molecular flexibility index (Phi) is 148. The van der Waals surface area contributed by atoms with Crippen LogP contribution in [0.3, 0.4) is 0 Å². The quantitative estimate of drug-likeness (QED) is 0.0200. The van der Waals surface area contributed by atoms with Crippen molar-refractivity contribution in [1.29, 1.82) is 0 Å². The van der Waals surface area contributed by atoms with Crippen molar-refractivity contribution in [1.82, 2.24) is 0 Å². The molecule has 0 rings (SSSR count). The summed E-state index contributed by atoms with van der Waals surface area (Å²) in [5, 5.41) is 157. The van der Waals surface area contributed by atoms with Crippen molar-refractivity contribution in [3.8, 4) is 0 Å². The molecule has 0 radical (unpaired) electrons. The van der Waals surface area contributed by atoms with Gasteiger partial charge in [-0.25, -0.2) is 16.8 Å². The van der Waals surface area contributed by atoms with Gasteiger partial charge in [-0.15, -0.1) is 0 Å². The monoisotopic (exact) mass is 2560 g/mol. The number of hydrogen-bond donors (Lipinski definition) is 38. The Morgan fingerprint density at radius 2 is 0.134 bits per heavy atom. The zero-order valence-electron chi connectivity index (χ0n) is 72.6. The number of rotatable bonds is 40. The molecule has 0 amide bonds. The van der Waals surface area contributed by atoms with E-state index in [9.17, 15) is 177 Å². The van der Waals surface area contributed by atoms with Crippen LogP contribution in [0.1, 0.15) is 0 Å². The molecule has 880 valence electrons. The Balaban J connectivity index is -0.0000000533. The SMILES string of the molecule is O=S(=O)(O)CCO.O=S(=O)(O)CCO.O=S(=O)(O)CCO.O=S(=O)(O)CCO.O=S(=O)(O)CCO.O=S(=O)(O)CCO.O=S(=O)(O)CCO.O=S(=O)(O)CCO.O=S(=O)(O)CCO.O=S(=O)(O)CCO.O=S(=O)(O)CCO.O=S(=O)(O)CCO.O=S(=O)(O)CCO.O=S(=O)(O)CCO.O=S(=O)(O)CCO.O=S(=O)(O)CCO.O=S(=O)(O)CCO.O=S(=O)(O)CCO.O=S(=O)([O-])CCO.O=S(=O)([O-])CCO.[Na+].[Na+]. The van der Waals surface area contributed by atoms with Gasteiger partial charge in [-0.2, -0.15) is 152 Å². The maximum Gasteiger partial charge on any atom is 1.00 e. The molecule has 0 saturated heterocycles. The molecule has 0 bridgehead atoms. The van der Waals surface area contributed by atoms with E-state index in [4.69, 9.17) is 184 Å². The van der Waals surface area contributed by atoms with Crippen molar-refractivity contribution in [2.75, 3.05) is 247 Å². The van der Waals surface area contributed by atoms with Crippen LogP contribution in [0.4, 0.5) is 0 Å². The smallest absolute Gasteiger partial charge is 0.748 e. The predicted molar refractivity (Wildman–Crippen MR) is 466 cm³/mol. The first-order valence-corrected chi connectivity index (χ1v) is 64.5. The van der Waals surface area contributed by atoms with Gasteiger partial charge in [0.2, 0.25) is 0 Å². The van der Waals surface area contributed by atoms with E-state index in [2.05, 4.69) is 0 Å². The van der Waals surface area contributed by atoms with Gasteiger partial charge in [0.05, 0.1) is 267 Å². The van der Waals surface area contributed by atoms with Crippen LogP contribution in [0.2, 0.25) is 0 Å². The summed E-state index contributed by atoms with van der Waals surface area (Å²) in [6, 6.07) is 0. The minimum absolute atomic E-state index is 0. The van der Waals surface area contributed by atoms with E-state index in [1.54, 1.807) is 0 Å². The fraction of sp³-hybridized carbons (Fsp3) is 1.00. The fourth-order valence-corrected chi connectivity index (χ4v) is 6.90. The minimum atomic E-state index is -4.17. The molecule has 0 heterocycles. The van der Waals surface area contributed by atoms with Gasteiger partial charge in [-0.3, -0.25) is 81.9 Å². The van der Waals surface area contributed by atoms with Crippen LogP contribution >= 0.6 is 0 Å². The first-order valence-electron chi connectivity index (χ1n) is 32.4. The van der Waals surface area contributed by atoms with Crippen molar-refractivity contribution in [2.24, 2.45) is 0 Å². The van der Waals surface area contributed by atoms with Crippen LogP contribution in [-0.4, -0.2) is 609 Å². The molecule has 0 aliphatic heterocycles. The Morgan fingerprint density at radius 1 is 0.0986 bits per heavy atom. The van der Waals surface area contributed by atoms with Crippen LogP contribution in [0.25, 0.3) is 0 Å². The molecule has 0 fully saturated rings. The maximum absolute atomic E-state index is 9.63. The second kappa shape index (κ2) is 107. The standard InChI is InChI=1S/20C2H6O4S.2Na/c20*3-1-2-7(4,5)6;;/h20*3H,1-2H2,(H,4,5,6);;/q;;;;;;;;;;;;;;;;;;;;2*+1/p-2. The molecule has 0 unspecified atom stereocenters. The van der Waals surface area contributed by atoms with E-state index in [0.717, 1.165) is 0 Å². The molecule has 0 atom stereocenters. The maximum atomic E-state index is 9.63. The Labute approximate surface area is 861 Å². The van der Waals surface area contributed by atoms with Gasteiger partial charge in [0, 0.05) is 0 Å². The largest absolute Gasteiger partial charge is 1.00 e. The molecule has 0 spiro atoms. The number of hydrogen-bond acceptors (Lipinski definition) is 62. The third kappa shape index (κ3) is 424. The van der Waals surface area contributed by atoms with E-state index in [0.29, 0.717) is 0 Å². The Bertz CT molecular complexity index is 3940. The molecule has 0 aliphatic rings. The van der Waals surface area contributed by atoms with E-state index < -0.39 is 450 Å². The Hall–Kier alpha value is -0.600. The van der Waals surface area contributed by atoms with E-state index in [1.807, 2.05) is 0 Å². The molecule has 0 saturated carbocycles. The summed E-state index contributed by atoms with van der Waals surface area (Å²) < 4.78 is 545. The molecule has 0 aromatic rings. The average Bonchev–Trinajstić information content (AvgIpc) is 1.25. The summed E-state index contributed by atoms with van der Waals surface area (Å²) >= 11 is 0. The minimum Gasteiger partial charge on any atom is -0.748 e. The third-order valence-electron chi connectivity index (χ3n) is 6.97. The second-order valence-electron chi connectivity index (χ2n) is 20.1. The zero-order valence-corrected chi connectivity index (χ0v) is 92.9. The van der Waals surface area contributed by atoms with E-state index in [1.165, 1.54) is 0 Å². The number of aliphatic hydroxyl groups excluding tert-OH is 20. The van der Waals surface area contributed by atoms with Crippen LogP contribution < -0.4 is 59.1 Å². The summed E-state index contributed by atoms with van der Waals surface area (Å²) in [7, 11) is -79.0. The first kappa shape index (κ1) is 196. The topological polar surface area (TPSA) is 1500 Å². The van der Waals surface area contributed by atoms with Gasteiger partial charge in [0.25, 0.3) is 182 Å². The van der Waals surface area contributed by atoms with Gasteiger partial charge in [0.15, 0.2) is 0 Å². The fourth-order valence-electron chi connectivity index (χ4n) is 2.30. The molecular weight excluding hydrogens is 2450 g/mol. The summed E-state index contributed by atoms with van der Waals surface area (Å²) in [6.45, 7) is -10.7. The van der Waals surface area contributed by atoms with Crippen LogP contribution in [-0.2, 0) is 202 Å². The van der Waals surface area contributed by atoms with Gasteiger partial charge in [0.1, 0.15) is 0 Å². The van der Waals surface area contributed by atoms with Crippen molar-refractivity contribution in [3.05, 3.63) is 0 Å². The summed E-state index contributed by atoms with van der Waals surface area (Å²) in [6.07, 6.45) is 0. The second-order valence-corrected chi connectivity index (χ2v) is 51.5. The van der Waals surface area contributed by atoms with Crippen LogP contribution in [0, 0.1) is 0 Å². The molecule has 0 aromatic heterocycles. The zero-order chi connectivity index (χ0) is 118. The van der Waals surface area contributed by atoms with Crippen molar-refractivity contribution in [3.63, 3.8) is 0 Å². The van der Waals surface area contributed by atoms with Crippen LogP contribution in [0.15, 0.2) is 0 Å². The molecule has 80 nitrogen and oxygen atoms in total. The van der Waals surface area contributed by atoms with Gasteiger partial charge in [-0.05, 0) is 0 Å². The molecular formula is C40H118Na2O80S20. The summed E-state index contributed by atoms with van der Waals surface area (Å²) in [5.41, 5.74) is 0. The molecule has 38 N–H and O–H groups in total. The molecule has 0 aromatic carbocycles. The molecule has 142 heavy (non-hydrogen) atoms. The van der Waals surface area contributed by atoms with Gasteiger partial charge < -0.3 is 111 Å². The normalized spacial score (nSPS) is 11.5. The van der Waals surface area contributed by atoms with Crippen LogP contribution in [0.5, 0.6) is 0 Å². The average molecular weight is 2570 g/mol. The van der Waals surface area contributed by atoms with Crippen molar-refractivity contribution >= 4 is 202 Å². The Morgan fingerprint density at radius 3 is 0.134 bits per heavy atom. The molecule has 102 heteroatoms. The van der Waals surface area contributed by atoms with Crippen molar-refractivity contribution < 1.29 is 421 Å². The summed E-state index contributed by atoms with van der Waals surface area (Å²) in [4.78, 5) is 0. The summed E-state index contributed by atoms with van der Waals surface area (Å²) in [5.74, 6) is -11.8. The van der Waals surface area contributed by atoms with Gasteiger partial charge >= 0.3 is 59.1 Å². The van der Waals surface area contributed by atoms with Crippen molar-refractivity contribution in [2.45, 2.75) is 0 Å². The third-order valence-corrected chi connectivity index (χ3v) is 20.9. The van der Waals surface area contributed by atoms with Gasteiger partial charge in [-0.1, -0.05) is 0 Å². The predicted octanol–water partition coefficient (Wildman–Crippen LogP) is -29.3. The molecule has 0 aliphatic carbocycles. The number of aliphatic hydroxyl groups is 20. The van der Waals surface area contributed by atoms with E-state index in [-0.39, 0.29) is 59.1 Å². The first-order chi connectivity index (χ1) is 61.2.